The molecular formula is C6H5Na3O7. The summed E-state index contributed by atoms with van der Waals surface area (Å²) in [6, 6.07) is 0. The molecule has 0 bridgehead atoms. The average Bonchev–Trinajstić information content (AvgIpc) is 1.97. The molecule has 0 aromatic rings. The monoisotopic (exact) mass is 262 g/mol. The van der Waals surface area contributed by atoms with Gasteiger partial charge in [0.15, 0.2) is 0 Å². The van der Waals surface area contributed by atoms with E-state index in [1.807, 2.05) is 0 Å². The van der Waals surface area contributed by atoms with Gasteiger partial charge in [-0.1, -0.05) is 0 Å². The first-order chi connectivity index (χ1) is 5.86. The second-order valence-electron chi connectivity index (χ2n) is 2.27. The van der Waals surface area contributed by atoms with E-state index >= 15 is 0 Å². The molecule has 7 nitrogen and oxygen atoms in total. The van der Waals surface area contributed by atoms with E-state index in [0.29, 0.717) is 0 Å². The molecule has 0 radical (unpaired) electrons. The van der Waals surface area contributed by atoms with Gasteiger partial charge in [-0.25, -0.2) is 0 Å². The van der Waals surface area contributed by atoms with Crippen molar-refractivity contribution in [1.82, 2.24) is 0 Å². The molecule has 0 saturated carbocycles. The molecule has 0 rings (SSSR count). The van der Waals surface area contributed by atoms with Crippen molar-refractivity contribution in [1.29, 1.82) is 0 Å². The first-order valence-corrected chi connectivity index (χ1v) is 3.16. The molecule has 0 aliphatic heterocycles. The standard InChI is InChI=1S/C6H8O7.3Na/c7-3(8)1-2(5(10)11)4(9)6(12)13;;;/h2,4,9H,1H2,(H,7,8)(H,10,11)(H,12,13);;;/q;3*+1/p-3/i1+1,2+1,3+1,5+1;;;. The molecule has 0 aromatic carbocycles. The van der Waals surface area contributed by atoms with Gasteiger partial charge in [-0.3, -0.25) is 0 Å². The van der Waals surface area contributed by atoms with E-state index in [1.54, 1.807) is 0 Å². The number of hydrogen-bond acceptors (Lipinski definition) is 7. The molecule has 0 heterocycles. The summed E-state index contributed by atoms with van der Waals surface area (Å²) < 4.78 is 0. The second-order valence-corrected chi connectivity index (χ2v) is 2.27. The summed E-state index contributed by atoms with van der Waals surface area (Å²) in [5.74, 6) is -7.92. The molecule has 10 heteroatoms. The summed E-state index contributed by atoms with van der Waals surface area (Å²) in [7, 11) is 0. The van der Waals surface area contributed by atoms with Crippen LogP contribution >= 0.6 is 0 Å². The van der Waals surface area contributed by atoms with Crippen LogP contribution in [-0.2, 0) is 14.4 Å². The maximum absolute atomic E-state index is 10.1. The van der Waals surface area contributed by atoms with Gasteiger partial charge in [-0.2, -0.15) is 0 Å². The van der Waals surface area contributed by atoms with Gasteiger partial charge in [-0.05, 0) is 6.42 Å². The van der Waals surface area contributed by atoms with Gasteiger partial charge in [-0.15, -0.1) is 0 Å². The second kappa shape index (κ2) is 12.8. The number of carboxylic acids is 3. The van der Waals surface area contributed by atoms with Crippen LogP contribution in [0.25, 0.3) is 0 Å². The average molecular weight is 262 g/mol. The Kier molecular flexibility index (Phi) is 20.9. The van der Waals surface area contributed by atoms with Gasteiger partial charge >= 0.3 is 88.7 Å². The summed E-state index contributed by atoms with van der Waals surface area (Å²) >= 11 is 0. The zero-order valence-corrected chi connectivity index (χ0v) is 15.3. The Morgan fingerprint density at radius 2 is 1.31 bits per heavy atom. The minimum Gasteiger partial charge on any atom is -0.550 e. The maximum atomic E-state index is 10.1. The van der Waals surface area contributed by atoms with Crippen molar-refractivity contribution in [3.8, 4) is 0 Å². The molecule has 0 aliphatic rings. The first-order valence-electron chi connectivity index (χ1n) is 3.16. The SMILES string of the molecule is O=C([O-])C(O)[13CH]([13CH2][13C](=O)[O-])[13C](=O)[O-].[Na+].[Na+].[Na+]. The van der Waals surface area contributed by atoms with Crippen LogP contribution in [0.2, 0.25) is 0 Å². The number of rotatable bonds is 5. The van der Waals surface area contributed by atoms with Crippen LogP contribution in [0.3, 0.4) is 0 Å². The van der Waals surface area contributed by atoms with E-state index in [-0.39, 0.29) is 88.7 Å². The van der Waals surface area contributed by atoms with E-state index < -0.39 is 36.4 Å². The summed E-state index contributed by atoms with van der Waals surface area (Å²) in [6.07, 6.45) is -3.56. The largest absolute Gasteiger partial charge is 1.00 e. The van der Waals surface area contributed by atoms with E-state index in [9.17, 15) is 29.7 Å². The maximum Gasteiger partial charge on any atom is 1.00 e. The fourth-order valence-corrected chi connectivity index (χ4v) is 0.668. The number of carbonyl (C=O) groups is 3. The van der Waals surface area contributed by atoms with E-state index in [1.165, 1.54) is 0 Å². The Morgan fingerprint density at radius 1 is 0.938 bits per heavy atom. The molecule has 1 N–H and O–H groups in total. The number of aliphatic hydroxyl groups is 1. The Morgan fingerprint density at radius 3 is 1.50 bits per heavy atom. The van der Waals surface area contributed by atoms with Crippen LogP contribution in [0.5, 0.6) is 0 Å². The van der Waals surface area contributed by atoms with Crippen LogP contribution in [0, 0.1) is 5.92 Å². The Bertz CT molecular complexity index is 244. The number of aliphatic hydroxyl groups excluding tert-OH is 1. The van der Waals surface area contributed by atoms with Gasteiger partial charge in [0.1, 0.15) is 6.10 Å². The quantitative estimate of drug-likeness (QED) is 0.383. The van der Waals surface area contributed by atoms with Crippen LogP contribution in [0.4, 0.5) is 0 Å². The van der Waals surface area contributed by atoms with Gasteiger partial charge in [0.2, 0.25) is 0 Å². The van der Waals surface area contributed by atoms with Crippen LogP contribution < -0.4 is 104 Å². The molecule has 0 aliphatic carbocycles. The third-order valence-corrected chi connectivity index (χ3v) is 1.31. The van der Waals surface area contributed by atoms with Crippen molar-refractivity contribution >= 4 is 17.9 Å². The topological polar surface area (TPSA) is 141 Å². The zero-order valence-electron chi connectivity index (χ0n) is 9.26. The molecule has 0 aromatic heterocycles. The third kappa shape index (κ3) is 10.5. The molecular weight excluding hydrogens is 257 g/mol. The first kappa shape index (κ1) is 26.0. The Balaban J connectivity index is -0.000000240. The van der Waals surface area contributed by atoms with Crippen LogP contribution in [-0.4, -0.2) is 29.1 Å². The molecule has 0 amide bonds. The minimum absolute atomic E-state index is 0. The van der Waals surface area contributed by atoms with Crippen LogP contribution in [0.15, 0.2) is 0 Å². The number of carboxylic acid groups (broad SMARTS) is 3. The van der Waals surface area contributed by atoms with E-state index in [4.69, 9.17) is 5.11 Å². The zero-order chi connectivity index (χ0) is 10.6. The number of hydrogen-bond donors (Lipinski definition) is 1. The fourth-order valence-electron chi connectivity index (χ4n) is 0.668. The molecule has 0 fully saturated rings. The van der Waals surface area contributed by atoms with Crippen molar-refractivity contribution in [3.05, 3.63) is 0 Å². The van der Waals surface area contributed by atoms with Crippen molar-refractivity contribution in [3.63, 3.8) is 0 Å². The minimum atomic E-state index is -2.41. The third-order valence-electron chi connectivity index (χ3n) is 1.31. The molecule has 2 unspecified atom stereocenters. The summed E-state index contributed by atoms with van der Waals surface area (Å²) in [6.45, 7) is 0. The summed E-state index contributed by atoms with van der Waals surface area (Å²) in [5, 5.41) is 38.6. The molecule has 0 spiro atoms. The summed E-state index contributed by atoms with van der Waals surface area (Å²) in [4.78, 5) is 30.0. The summed E-state index contributed by atoms with van der Waals surface area (Å²) in [5.41, 5.74) is 0. The van der Waals surface area contributed by atoms with E-state index in [0.717, 1.165) is 0 Å². The smallest absolute Gasteiger partial charge is 0.550 e. The molecule has 2 atom stereocenters. The predicted molar refractivity (Wildman–Crippen MR) is 29.1 cm³/mol. The van der Waals surface area contributed by atoms with Gasteiger partial charge in [0, 0.05) is 17.9 Å². The van der Waals surface area contributed by atoms with Crippen LogP contribution in [0.1, 0.15) is 6.42 Å². The normalized spacial score (nSPS) is 11.8. The van der Waals surface area contributed by atoms with Crippen molar-refractivity contribution in [2.45, 2.75) is 12.5 Å². The van der Waals surface area contributed by atoms with Gasteiger partial charge in [0.25, 0.3) is 0 Å². The predicted octanol–water partition coefficient (Wildman–Crippen LogP) is -14.4. The molecule has 74 valence electrons. The van der Waals surface area contributed by atoms with Crippen molar-refractivity contribution in [2.24, 2.45) is 5.92 Å². The molecule has 16 heavy (non-hydrogen) atoms. The van der Waals surface area contributed by atoms with Crippen molar-refractivity contribution in [2.75, 3.05) is 0 Å². The van der Waals surface area contributed by atoms with E-state index in [2.05, 4.69) is 0 Å². The van der Waals surface area contributed by atoms with Gasteiger partial charge in [0.05, 0.1) is 5.97 Å². The number of carbonyl (C=O) groups excluding carboxylic acids is 3. The Hall–Kier alpha value is 1.37. The fraction of sp³-hybridized carbons (Fsp3) is 0.500. The van der Waals surface area contributed by atoms with Gasteiger partial charge < -0.3 is 34.8 Å². The number of aliphatic carboxylic acids is 3. The van der Waals surface area contributed by atoms with Crippen molar-refractivity contribution < 1.29 is 123 Å². The Labute approximate surface area is 157 Å². The molecule has 0 saturated heterocycles.